The van der Waals surface area contributed by atoms with Gasteiger partial charge in [-0.3, -0.25) is 20.4 Å². The second kappa shape index (κ2) is 6.74. The Hall–Kier alpha value is -3.48. The number of aromatic nitrogens is 2. The van der Waals surface area contributed by atoms with Crippen LogP contribution in [0.1, 0.15) is 20.7 Å². The number of hydrogen-bond acceptors (Lipinski definition) is 3. The van der Waals surface area contributed by atoms with Crippen LogP contribution in [0.25, 0.3) is 5.69 Å². The highest BCUT2D eigenvalue weighted by molar-refractivity contribution is 6.01. The zero-order valence-corrected chi connectivity index (χ0v) is 12.4. The Bertz CT molecular complexity index is 878. The summed E-state index contributed by atoms with van der Waals surface area (Å²) >= 11 is 0. The van der Waals surface area contributed by atoms with Gasteiger partial charge in [0.1, 0.15) is 5.82 Å². The maximum Gasteiger partial charge on any atom is 0.272 e. The zero-order valence-electron chi connectivity index (χ0n) is 12.4. The Labute approximate surface area is 136 Å². The average Bonchev–Trinajstić information content (AvgIpc) is 3.14. The number of para-hydroxylation sites is 1. The first-order valence-corrected chi connectivity index (χ1v) is 7.11. The molecule has 6 nitrogen and oxygen atoms in total. The van der Waals surface area contributed by atoms with Crippen molar-refractivity contribution < 1.29 is 14.0 Å². The molecule has 1 heterocycles. The fourth-order valence-corrected chi connectivity index (χ4v) is 2.17. The molecule has 2 amide bonds. The summed E-state index contributed by atoms with van der Waals surface area (Å²) in [5.74, 6) is -1.94. The van der Waals surface area contributed by atoms with E-state index in [0.717, 1.165) is 0 Å². The van der Waals surface area contributed by atoms with Crippen LogP contribution in [-0.4, -0.2) is 21.6 Å². The molecular weight excluding hydrogens is 311 g/mol. The molecule has 0 fully saturated rings. The van der Waals surface area contributed by atoms with Crippen LogP contribution >= 0.6 is 0 Å². The van der Waals surface area contributed by atoms with E-state index in [-0.39, 0.29) is 5.56 Å². The summed E-state index contributed by atoms with van der Waals surface area (Å²) in [7, 11) is 0. The number of nitrogens with one attached hydrogen (secondary N) is 2. The van der Waals surface area contributed by atoms with Crippen molar-refractivity contribution >= 4 is 11.8 Å². The normalized spacial score (nSPS) is 10.2. The lowest BCUT2D eigenvalue weighted by Gasteiger charge is -2.11. The minimum Gasteiger partial charge on any atom is -0.267 e. The molecule has 0 saturated heterocycles. The Morgan fingerprint density at radius 1 is 0.875 bits per heavy atom. The third-order valence-corrected chi connectivity index (χ3v) is 3.31. The van der Waals surface area contributed by atoms with Gasteiger partial charge in [0.2, 0.25) is 0 Å². The predicted octanol–water partition coefficient (Wildman–Crippen LogP) is 2.09. The lowest BCUT2D eigenvalue weighted by molar-refractivity contribution is 0.0844. The summed E-state index contributed by atoms with van der Waals surface area (Å²) in [5.41, 5.74) is 5.20. The summed E-state index contributed by atoms with van der Waals surface area (Å²) in [4.78, 5) is 24.3. The zero-order chi connectivity index (χ0) is 16.9. The van der Waals surface area contributed by atoms with Crippen molar-refractivity contribution in [3.8, 4) is 5.69 Å². The molecule has 0 bridgehead atoms. The lowest BCUT2D eigenvalue weighted by Crippen LogP contribution is -2.42. The second-order valence-electron chi connectivity index (χ2n) is 4.86. The fraction of sp³-hybridized carbons (Fsp3) is 0. The van der Waals surface area contributed by atoms with Crippen LogP contribution in [0.5, 0.6) is 0 Å². The molecule has 7 heteroatoms. The van der Waals surface area contributed by atoms with Crippen molar-refractivity contribution in [2.75, 3.05) is 0 Å². The minimum atomic E-state index is -0.738. The molecule has 0 spiro atoms. The van der Waals surface area contributed by atoms with Gasteiger partial charge < -0.3 is 0 Å². The van der Waals surface area contributed by atoms with Gasteiger partial charge >= 0.3 is 0 Å². The van der Waals surface area contributed by atoms with E-state index in [1.54, 1.807) is 42.7 Å². The number of hydrazine groups is 1. The average molecular weight is 324 g/mol. The Balaban J connectivity index is 1.75. The molecule has 0 aliphatic rings. The number of carbonyl (C=O) groups is 2. The molecule has 3 aromatic rings. The van der Waals surface area contributed by atoms with E-state index in [9.17, 15) is 14.0 Å². The summed E-state index contributed by atoms with van der Waals surface area (Å²) in [6.45, 7) is 0. The summed E-state index contributed by atoms with van der Waals surface area (Å²) in [6.07, 6.45) is 3.29. The van der Waals surface area contributed by atoms with Gasteiger partial charge in [0, 0.05) is 12.4 Å². The Morgan fingerprint density at radius 2 is 1.50 bits per heavy atom. The predicted molar refractivity (Wildman–Crippen MR) is 84.9 cm³/mol. The van der Waals surface area contributed by atoms with Crippen molar-refractivity contribution in [3.63, 3.8) is 0 Å². The van der Waals surface area contributed by atoms with E-state index >= 15 is 0 Å². The van der Waals surface area contributed by atoms with Gasteiger partial charge in [-0.25, -0.2) is 9.07 Å². The fourth-order valence-electron chi connectivity index (χ4n) is 2.17. The first kappa shape index (κ1) is 15.4. The number of halogens is 1. The molecular formula is C17H13FN4O2. The highest BCUT2D eigenvalue weighted by Crippen LogP contribution is 2.13. The monoisotopic (exact) mass is 324 g/mol. The van der Waals surface area contributed by atoms with Gasteiger partial charge in [0.25, 0.3) is 11.8 Å². The quantitative estimate of drug-likeness (QED) is 0.724. The summed E-state index contributed by atoms with van der Waals surface area (Å²) in [6, 6.07) is 14.0. The standard InChI is InChI=1S/C17H13FN4O2/c18-14-8-3-1-6-12(14)16(23)20-21-17(24)13-7-2-4-9-15(13)22-11-5-10-19-22/h1-11H,(H,20,23)(H,21,24). The van der Waals surface area contributed by atoms with Gasteiger partial charge in [0.05, 0.1) is 16.8 Å². The molecule has 120 valence electrons. The first-order chi connectivity index (χ1) is 11.7. The smallest absolute Gasteiger partial charge is 0.267 e. The van der Waals surface area contributed by atoms with Gasteiger partial charge in [-0.1, -0.05) is 24.3 Å². The van der Waals surface area contributed by atoms with Gasteiger partial charge in [0.15, 0.2) is 0 Å². The van der Waals surface area contributed by atoms with Crippen molar-refractivity contribution in [1.82, 2.24) is 20.6 Å². The topological polar surface area (TPSA) is 76.0 Å². The van der Waals surface area contributed by atoms with E-state index in [4.69, 9.17) is 0 Å². The molecule has 0 unspecified atom stereocenters. The van der Waals surface area contributed by atoms with Crippen LogP contribution in [0.15, 0.2) is 67.0 Å². The molecule has 2 N–H and O–H groups in total. The molecule has 1 aromatic heterocycles. The van der Waals surface area contributed by atoms with Crippen LogP contribution in [0.4, 0.5) is 4.39 Å². The first-order valence-electron chi connectivity index (χ1n) is 7.11. The SMILES string of the molecule is O=C(NNC(=O)c1ccccc1-n1cccn1)c1ccccc1F. The van der Waals surface area contributed by atoms with Crippen LogP contribution in [0.2, 0.25) is 0 Å². The highest BCUT2D eigenvalue weighted by atomic mass is 19.1. The number of rotatable bonds is 3. The largest absolute Gasteiger partial charge is 0.272 e. The van der Waals surface area contributed by atoms with Crippen molar-refractivity contribution in [3.05, 3.63) is 83.9 Å². The van der Waals surface area contributed by atoms with Crippen molar-refractivity contribution in [1.29, 1.82) is 0 Å². The van der Waals surface area contributed by atoms with Crippen LogP contribution in [-0.2, 0) is 0 Å². The molecule has 0 aliphatic heterocycles. The maximum absolute atomic E-state index is 13.6. The molecule has 0 aliphatic carbocycles. The molecule has 2 aromatic carbocycles. The van der Waals surface area contributed by atoms with E-state index in [1.807, 2.05) is 0 Å². The number of carbonyl (C=O) groups excluding carboxylic acids is 2. The number of nitrogens with zero attached hydrogens (tertiary/aromatic N) is 2. The van der Waals surface area contributed by atoms with Crippen molar-refractivity contribution in [2.24, 2.45) is 0 Å². The van der Waals surface area contributed by atoms with E-state index in [2.05, 4.69) is 16.0 Å². The molecule has 24 heavy (non-hydrogen) atoms. The summed E-state index contributed by atoms with van der Waals surface area (Å²) in [5, 5.41) is 4.08. The second-order valence-corrected chi connectivity index (χ2v) is 4.86. The van der Waals surface area contributed by atoms with E-state index in [0.29, 0.717) is 11.3 Å². The number of amides is 2. The molecule has 0 radical (unpaired) electrons. The third-order valence-electron chi connectivity index (χ3n) is 3.31. The number of hydrogen-bond donors (Lipinski definition) is 2. The van der Waals surface area contributed by atoms with Crippen LogP contribution < -0.4 is 10.9 Å². The lowest BCUT2D eigenvalue weighted by atomic mass is 10.1. The molecule has 3 rings (SSSR count). The summed E-state index contributed by atoms with van der Waals surface area (Å²) < 4.78 is 15.1. The Morgan fingerprint density at radius 3 is 2.17 bits per heavy atom. The minimum absolute atomic E-state index is 0.154. The molecule has 0 saturated carbocycles. The highest BCUT2D eigenvalue weighted by Gasteiger charge is 2.15. The van der Waals surface area contributed by atoms with Crippen LogP contribution in [0.3, 0.4) is 0 Å². The van der Waals surface area contributed by atoms with E-state index < -0.39 is 17.6 Å². The van der Waals surface area contributed by atoms with Gasteiger partial charge in [-0.05, 0) is 30.3 Å². The van der Waals surface area contributed by atoms with Gasteiger partial charge in [-0.2, -0.15) is 5.10 Å². The van der Waals surface area contributed by atoms with E-state index in [1.165, 1.54) is 28.9 Å². The van der Waals surface area contributed by atoms with Gasteiger partial charge in [-0.15, -0.1) is 0 Å². The van der Waals surface area contributed by atoms with Crippen molar-refractivity contribution in [2.45, 2.75) is 0 Å². The van der Waals surface area contributed by atoms with Crippen LogP contribution in [0, 0.1) is 5.82 Å². The number of benzene rings is 2. The Kier molecular flexibility index (Phi) is 4.33. The third kappa shape index (κ3) is 3.14. The molecule has 0 atom stereocenters. The maximum atomic E-state index is 13.6.